The summed E-state index contributed by atoms with van der Waals surface area (Å²) in [5.41, 5.74) is 2.03. The molecular weight excluding hydrogens is 274 g/mol. The maximum Gasteiger partial charge on any atom is 0.163 e. The van der Waals surface area contributed by atoms with Crippen LogP contribution in [0.4, 0.5) is 5.69 Å². The molecule has 0 unspecified atom stereocenters. The minimum Gasteiger partial charge on any atom is -0.493 e. The van der Waals surface area contributed by atoms with Crippen LogP contribution in [-0.2, 0) is 6.54 Å². The van der Waals surface area contributed by atoms with Crippen LogP contribution in [0.25, 0.3) is 0 Å². The van der Waals surface area contributed by atoms with Crippen molar-refractivity contribution in [3.05, 3.63) is 53.1 Å². The van der Waals surface area contributed by atoms with Crippen molar-refractivity contribution in [2.24, 2.45) is 0 Å². The van der Waals surface area contributed by atoms with Gasteiger partial charge in [-0.15, -0.1) is 0 Å². The molecule has 2 rings (SSSR count). The molecule has 1 N–H and O–H groups in total. The van der Waals surface area contributed by atoms with Crippen molar-refractivity contribution in [1.82, 2.24) is 0 Å². The Bertz CT molecular complexity index is 572. The van der Waals surface area contributed by atoms with Gasteiger partial charge in [-0.1, -0.05) is 29.8 Å². The first-order valence-corrected chi connectivity index (χ1v) is 6.90. The van der Waals surface area contributed by atoms with Crippen molar-refractivity contribution in [2.75, 3.05) is 19.0 Å². The SMILES string of the molecule is CCOc1cc(NCc2ccccc2Cl)ccc1OC. The number of hydrogen-bond acceptors (Lipinski definition) is 3. The Balaban J connectivity index is 2.10. The molecule has 4 heteroatoms. The maximum absolute atomic E-state index is 6.13. The van der Waals surface area contributed by atoms with Crippen molar-refractivity contribution < 1.29 is 9.47 Å². The predicted octanol–water partition coefficient (Wildman–Crippen LogP) is 4.36. The Morgan fingerprint density at radius 1 is 1.10 bits per heavy atom. The van der Waals surface area contributed by atoms with Crippen LogP contribution in [0.3, 0.4) is 0 Å². The largest absolute Gasteiger partial charge is 0.493 e. The third kappa shape index (κ3) is 3.58. The number of ether oxygens (including phenoxy) is 2. The minimum absolute atomic E-state index is 0.602. The molecular formula is C16H18ClNO2. The average molecular weight is 292 g/mol. The van der Waals surface area contributed by atoms with Gasteiger partial charge in [0, 0.05) is 23.3 Å². The van der Waals surface area contributed by atoms with Crippen LogP contribution in [0.1, 0.15) is 12.5 Å². The highest BCUT2D eigenvalue weighted by Crippen LogP contribution is 2.30. The Morgan fingerprint density at radius 2 is 1.90 bits per heavy atom. The van der Waals surface area contributed by atoms with E-state index in [-0.39, 0.29) is 0 Å². The lowest BCUT2D eigenvalue weighted by Gasteiger charge is -2.13. The van der Waals surface area contributed by atoms with E-state index in [4.69, 9.17) is 21.1 Å². The van der Waals surface area contributed by atoms with Crippen LogP contribution >= 0.6 is 11.6 Å². The van der Waals surface area contributed by atoms with Gasteiger partial charge in [-0.3, -0.25) is 0 Å². The van der Waals surface area contributed by atoms with Gasteiger partial charge in [-0.25, -0.2) is 0 Å². The van der Waals surface area contributed by atoms with Crippen LogP contribution in [0.15, 0.2) is 42.5 Å². The van der Waals surface area contributed by atoms with Crippen molar-refractivity contribution >= 4 is 17.3 Å². The van der Waals surface area contributed by atoms with Gasteiger partial charge in [0.05, 0.1) is 13.7 Å². The summed E-state index contributed by atoms with van der Waals surface area (Å²) in [6.45, 7) is 3.21. The van der Waals surface area contributed by atoms with Crippen LogP contribution < -0.4 is 14.8 Å². The molecule has 0 aliphatic heterocycles. The van der Waals surface area contributed by atoms with E-state index in [1.807, 2.05) is 49.4 Å². The summed E-state index contributed by atoms with van der Waals surface area (Å²) in [4.78, 5) is 0. The van der Waals surface area contributed by atoms with Gasteiger partial charge in [-0.05, 0) is 30.7 Å². The van der Waals surface area contributed by atoms with E-state index < -0.39 is 0 Å². The minimum atomic E-state index is 0.602. The molecule has 2 aromatic rings. The maximum atomic E-state index is 6.13. The van der Waals surface area contributed by atoms with Gasteiger partial charge >= 0.3 is 0 Å². The number of halogens is 1. The number of hydrogen-bond donors (Lipinski definition) is 1. The monoisotopic (exact) mass is 291 g/mol. The zero-order valence-electron chi connectivity index (χ0n) is 11.7. The predicted molar refractivity (Wildman–Crippen MR) is 82.9 cm³/mol. The lowest BCUT2D eigenvalue weighted by molar-refractivity contribution is 0.311. The fraction of sp³-hybridized carbons (Fsp3) is 0.250. The molecule has 0 radical (unpaired) electrons. The summed E-state index contributed by atoms with van der Waals surface area (Å²) in [6.07, 6.45) is 0. The van der Waals surface area contributed by atoms with Gasteiger partial charge in [0.2, 0.25) is 0 Å². The van der Waals surface area contributed by atoms with E-state index >= 15 is 0 Å². The first-order valence-electron chi connectivity index (χ1n) is 6.52. The molecule has 0 fully saturated rings. The molecule has 2 aromatic carbocycles. The highest BCUT2D eigenvalue weighted by atomic mass is 35.5. The Morgan fingerprint density at radius 3 is 2.60 bits per heavy atom. The number of benzene rings is 2. The van der Waals surface area contributed by atoms with E-state index in [1.54, 1.807) is 7.11 Å². The molecule has 0 amide bonds. The van der Waals surface area contributed by atoms with Gasteiger partial charge in [0.25, 0.3) is 0 Å². The molecule has 0 saturated carbocycles. The number of nitrogens with one attached hydrogen (secondary N) is 1. The topological polar surface area (TPSA) is 30.5 Å². The Hall–Kier alpha value is -1.87. The summed E-state index contributed by atoms with van der Waals surface area (Å²) >= 11 is 6.13. The summed E-state index contributed by atoms with van der Waals surface area (Å²) in [7, 11) is 1.63. The van der Waals surface area contributed by atoms with E-state index in [2.05, 4.69) is 5.32 Å². The zero-order chi connectivity index (χ0) is 14.4. The second-order valence-corrected chi connectivity index (χ2v) is 4.65. The zero-order valence-corrected chi connectivity index (χ0v) is 12.4. The van der Waals surface area contributed by atoms with Crippen LogP contribution in [-0.4, -0.2) is 13.7 Å². The fourth-order valence-corrected chi connectivity index (χ4v) is 2.10. The molecule has 0 bridgehead atoms. The van der Waals surface area contributed by atoms with Gasteiger partial charge in [-0.2, -0.15) is 0 Å². The van der Waals surface area contributed by atoms with Crippen molar-refractivity contribution in [2.45, 2.75) is 13.5 Å². The molecule has 106 valence electrons. The van der Waals surface area contributed by atoms with Crippen molar-refractivity contribution in [3.63, 3.8) is 0 Å². The first-order chi connectivity index (χ1) is 9.74. The van der Waals surface area contributed by atoms with Crippen molar-refractivity contribution in [1.29, 1.82) is 0 Å². The van der Waals surface area contributed by atoms with E-state index in [1.165, 1.54) is 0 Å². The summed E-state index contributed by atoms with van der Waals surface area (Å²) < 4.78 is 10.8. The average Bonchev–Trinajstić information content (AvgIpc) is 2.47. The Labute approximate surface area is 124 Å². The highest BCUT2D eigenvalue weighted by Gasteiger charge is 2.05. The lowest BCUT2D eigenvalue weighted by Crippen LogP contribution is -2.01. The van der Waals surface area contributed by atoms with Crippen LogP contribution in [0, 0.1) is 0 Å². The second-order valence-electron chi connectivity index (χ2n) is 4.24. The van der Waals surface area contributed by atoms with E-state index in [0.717, 1.165) is 27.8 Å². The second kappa shape index (κ2) is 7.06. The summed E-state index contributed by atoms with van der Waals surface area (Å²) in [5.74, 6) is 1.47. The van der Waals surface area contributed by atoms with E-state index in [9.17, 15) is 0 Å². The van der Waals surface area contributed by atoms with Crippen LogP contribution in [0.5, 0.6) is 11.5 Å². The van der Waals surface area contributed by atoms with Crippen LogP contribution in [0.2, 0.25) is 5.02 Å². The smallest absolute Gasteiger partial charge is 0.163 e. The molecule has 0 aliphatic carbocycles. The van der Waals surface area contributed by atoms with Gasteiger partial charge in [0.15, 0.2) is 11.5 Å². The standard InChI is InChI=1S/C16H18ClNO2/c1-3-20-16-10-13(8-9-15(16)19-2)18-11-12-6-4-5-7-14(12)17/h4-10,18H,3,11H2,1-2H3. The normalized spacial score (nSPS) is 10.2. The number of anilines is 1. The molecule has 0 aromatic heterocycles. The molecule has 0 heterocycles. The third-order valence-corrected chi connectivity index (χ3v) is 3.27. The lowest BCUT2D eigenvalue weighted by atomic mass is 10.2. The Kier molecular flexibility index (Phi) is 5.13. The summed E-state index contributed by atoms with van der Waals surface area (Å²) in [5, 5.41) is 4.09. The highest BCUT2D eigenvalue weighted by molar-refractivity contribution is 6.31. The van der Waals surface area contributed by atoms with E-state index in [0.29, 0.717) is 13.2 Å². The quantitative estimate of drug-likeness (QED) is 0.858. The molecule has 3 nitrogen and oxygen atoms in total. The molecule has 0 atom stereocenters. The molecule has 0 spiro atoms. The fourth-order valence-electron chi connectivity index (χ4n) is 1.89. The van der Waals surface area contributed by atoms with Gasteiger partial charge in [0.1, 0.15) is 0 Å². The summed E-state index contributed by atoms with van der Waals surface area (Å²) in [6, 6.07) is 13.6. The number of rotatable bonds is 6. The molecule has 0 aliphatic rings. The van der Waals surface area contributed by atoms with Gasteiger partial charge < -0.3 is 14.8 Å². The molecule has 20 heavy (non-hydrogen) atoms. The molecule has 0 saturated heterocycles. The number of methoxy groups -OCH3 is 1. The van der Waals surface area contributed by atoms with Crippen molar-refractivity contribution in [3.8, 4) is 11.5 Å². The first kappa shape index (κ1) is 14.5. The third-order valence-electron chi connectivity index (χ3n) is 2.90.